The van der Waals surface area contributed by atoms with Crippen molar-refractivity contribution in [3.8, 4) is 0 Å². The number of benzene rings is 1. The van der Waals surface area contributed by atoms with Gasteiger partial charge in [-0.3, -0.25) is 4.72 Å². The van der Waals surface area contributed by atoms with Crippen LogP contribution >= 0.6 is 0 Å². The predicted octanol–water partition coefficient (Wildman–Crippen LogP) is 1.49. The maximum Gasteiger partial charge on any atom is 0.232 e. The Balaban J connectivity index is 1.91. The van der Waals surface area contributed by atoms with Crippen molar-refractivity contribution in [3.05, 3.63) is 29.8 Å². The smallest absolute Gasteiger partial charge is 0.232 e. The van der Waals surface area contributed by atoms with Gasteiger partial charge in [0.1, 0.15) is 0 Å². The van der Waals surface area contributed by atoms with Gasteiger partial charge in [-0.2, -0.15) is 0 Å². The lowest BCUT2D eigenvalue weighted by molar-refractivity contribution is 0.362. The van der Waals surface area contributed by atoms with E-state index < -0.39 is 10.0 Å². The topological polar surface area (TPSA) is 58.2 Å². The number of nitrogens with one attached hydrogen (secondary N) is 2. The van der Waals surface area contributed by atoms with Gasteiger partial charge in [0, 0.05) is 11.7 Å². The number of rotatable bonds is 5. The fraction of sp³-hybridized carbons (Fsp3) is 0.500. The van der Waals surface area contributed by atoms with Crippen LogP contribution in [0.2, 0.25) is 0 Å². The lowest BCUT2D eigenvalue weighted by Crippen LogP contribution is -2.44. The molecule has 5 heteroatoms. The molecular formula is C12H18N2O2S. The van der Waals surface area contributed by atoms with Crippen molar-refractivity contribution in [3.63, 3.8) is 0 Å². The van der Waals surface area contributed by atoms with Gasteiger partial charge >= 0.3 is 0 Å². The van der Waals surface area contributed by atoms with Gasteiger partial charge in [-0.25, -0.2) is 8.42 Å². The largest absolute Gasteiger partial charge is 0.314 e. The second-order valence-corrected chi connectivity index (χ2v) is 6.36. The summed E-state index contributed by atoms with van der Waals surface area (Å²) in [7, 11) is -3.21. The summed E-state index contributed by atoms with van der Waals surface area (Å²) in [5.41, 5.74) is 1.69. The van der Waals surface area contributed by atoms with Crippen LogP contribution in [0.5, 0.6) is 0 Å². The van der Waals surface area contributed by atoms with Crippen LogP contribution in [0.25, 0.3) is 0 Å². The van der Waals surface area contributed by atoms with Crippen molar-refractivity contribution in [2.24, 2.45) is 0 Å². The molecule has 0 saturated carbocycles. The molecule has 2 N–H and O–H groups in total. The van der Waals surface area contributed by atoms with Crippen molar-refractivity contribution in [1.82, 2.24) is 5.32 Å². The first kappa shape index (κ1) is 12.4. The van der Waals surface area contributed by atoms with E-state index in [1.807, 2.05) is 25.1 Å². The number of hydrogen-bond donors (Lipinski definition) is 2. The van der Waals surface area contributed by atoms with Gasteiger partial charge in [0.05, 0.1) is 5.75 Å². The number of hydrogen-bond acceptors (Lipinski definition) is 3. The van der Waals surface area contributed by atoms with Gasteiger partial charge in [-0.05, 0) is 44.0 Å². The van der Waals surface area contributed by atoms with Crippen LogP contribution in [-0.4, -0.2) is 26.8 Å². The highest BCUT2D eigenvalue weighted by atomic mass is 32.2. The summed E-state index contributed by atoms with van der Waals surface area (Å²) in [6, 6.07) is 7.77. The van der Waals surface area contributed by atoms with Crippen LogP contribution in [0.3, 0.4) is 0 Å². The molecule has 1 saturated heterocycles. The van der Waals surface area contributed by atoms with Crippen molar-refractivity contribution >= 4 is 15.7 Å². The minimum atomic E-state index is -3.21. The minimum Gasteiger partial charge on any atom is -0.314 e. The third kappa shape index (κ3) is 3.71. The van der Waals surface area contributed by atoms with Crippen molar-refractivity contribution in [2.75, 3.05) is 17.0 Å². The highest BCUT2D eigenvalue weighted by Gasteiger charge is 2.19. The fourth-order valence-electron chi connectivity index (χ4n) is 1.83. The van der Waals surface area contributed by atoms with Gasteiger partial charge in [0.15, 0.2) is 0 Å². The third-order valence-corrected chi connectivity index (χ3v) is 4.27. The van der Waals surface area contributed by atoms with E-state index in [0.29, 0.717) is 18.2 Å². The molecule has 0 aliphatic carbocycles. The molecule has 2 rings (SSSR count). The normalized spacial score (nSPS) is 19.7. The zero-order chi connectivity index (χ0) is 12.3. The molecule has 0 amide bonds. The van der Waals surface area contributed by atoms with E-state index >= 15 is 0 Å². The molecule has 1 aliphatic rings. The molecule has 0 spiro atoms. The molecule has 1 heterocycles. The maximum absolute atomic E-state index is 11.8. The van der Waals surface area contributed by atoms with Crippen LogP contribution < -0.4 is 10.0 Å². The molecule has 4 nitrogen and oxygen atoms in total. The molecule has 1 atom stereocenters. The van der Waals surface area contributed by atoms with E-state index in [4.69, 9.17) is 0 Å². The third-order valence-electron chi connectivity index (χ3n) is 2.95. The first-order chi connectivity index (χ1) is 8.05. The molecule has 0 bridgehead atoms. The van der Waals surface area contributed by atoms with Gasteiger partial charge < -0.3 is 5.32 Å². The molecule has 1 unspecified atom stereocenters. The van der Waals surface area contributed by atoms with E-state index in [1.165, 1.54) is 0 Å². The summed E-state index contributed by atoms with van der Waals surface area (Å²) in [5, 5.41) is 3.20. The zero-order valence-corrected chi connectivity index (χ0v) is 10.8. The van der Waals surface area contributed by atoms with Gasteiger partial charge in [-0.1, -0.05) is 12.1 Å². The summed E-state index contributed by atoms with van der Waals surface area (Å²) >= 11 is 0. The first-order valence-corrected chi connectivity index (χ1v) is 7.51. The van der Waals surface area contributed by atoms with Crippen molar-refractivity contribution < 1.29 is 8.42 Å². The molecule has 1 fully saturated rings. The average molecular weight is 254 g/mol. The second kappa shape index (κ2) is 5.06. The van der Waals surface area contributed by atoms with Crippen LogP contribution in [-0.2, 0) is 10.0 Å². The van der Waals surface area contributed by atoms with E-state index in [1.54, 1.807) is 6.07 Å². The van der Waals surface area contributed by atoms with Gasteiger partial charge in [0.2, 0.25) is 10.0 Å². The van der Waals surface area contributed by atoms with Crippen LogP contribution in [0, 0.1) is 6.92 Å². The number of anilines is 1. The maximum atomic E-state index is 11.8. The van der Waals surface area contributed by atoms with Crippen LogP contribution in [0.1, 0.15) is 18.4 Å². The Labute approximate surface area is 102 Å². The molecule has 17 heavy (non-hydrogen) atoms. The summed E-state index contributed by atoms with van der Waals surface area (Å²) in [5.74, 6) is 0.179. The molecule has 0 radical (unpaired) electrons. The van der Waals surface area contributed by atoms with Gasteiger partial charge in [-0.15, -0.1) is 0 Å². The Bertz CT molecular complexity index is 481. The average Bonchev–Trinajstić information content (AvgIpc) is 2.13. The standard InChI is InChI=1S/C12H18N2O2S/c1-10-3-2-4-12(9-10)14-17(15,16)8-6-11-5-7-13-11/h2-4,9,11,13-14H,5-8H2,1H3. The Morgan fingerprint density at radius 1 is 1.47 bits per heavy atom. The lowest BCUT2D eigenvalue weighted by atomic mass is 10.1. The molecule has 94 valence electrons. The van der Waals surface area contributed by atoms with Crippen LogP contribution in [0.4, 0.5) is 5.69 Å². The van der Waals surface area contributed by atoms with E-state index in [0.717, 1.165) is 18.5 Å². The molecule has 0 aromatic heterocycles. The highest BCUT2D eigenvalue weighted by molar-refractivity contribution is 7.92. The van der Waals surface area contributed by atoms with Gasteiger partial charge in [0.25, 0.3) is 0 Å². The second-order valence-electron chi connectivity index (χ2n) is 4.52. The van der Waals surface area contributed by atoms with Crippen LogP contribution in [0.15, 0.2) is 24.3 Å². The lowest BCUT2D eigenvalue weighted by Gasteiger charge is -2.27. The number of sulfonamides is 1. The zero-order valence-electron chi connectivity index (χ0n) is 9.94. The van der Waals surface area contributed by atoms with Crippen molar-refractivity contribution in [1.29, 1.82) is 0 Å². The first-order valence-electron chi connectivity index (χ1n) is 5.86. The van der Waals surface area contributed by atoms with E-state index in [2.05, 4.69) is 10.0 Å². The molecule has 1 aromatic rings. The summed E-state index contributed by atoms with van der Waals surface area (Å²) < 4.78 is 26.2. The minimum absolute atomic E-state index is 0.179. The molecular weight excluding hydrogens is 236 g/mol. The summed E-state index contributed by atoms with van der Waals surface area (Å²) in [6.45, 7) is 2.95. The summed E-state index contributed by atoms with van der Waals surface area (Å²) in [6.07, 6.45) is 1.76. The Kier molecular flexibility index (Phi) is 3.69. The SMILES string of the molecule is Cc1cccc(NS(=O)(=O)CCC2CCN2)c1. The monoisotopic (exact) mass is 254 g/mol. The Morgan fingerprint density at radius 2 is 2.24 bits per heavy atom. The quantitative estimate of drug-likeness (QED) is 0.837. The molecule has 1 aromatic carbocycles. The summed E-state index contributed by atoms with van der Waals surface area (Å²) in [4.78, 5) is 0. The highest BCUT2D eigenvalue weighted by Crippen LogP contribution is 2.13. The Morgan fingerprint density at radius 3 is 2.82 bits per heavy atom. The van der Waals surface area contributed by atoms with Crippen molar-refractivity contribution in [2.45, 2.75) is 25.8 Å². The predicted molar refractivity (Wildman–Crippen MR) is 69.6 cm³/mol. The number of aryl methyl sites for hydroxylation is 1. The fourth-order valence-corrected chi connectivity index (χ4v) is 3.01. The molecule has 1 aliphatic heterocycles. The van der Waals surface area contributed by atoms with E-state index in [9.17, 15) is 8.42 Å². The Hall–Kier alpha value is -1.07. The van der Waals surface area contributed by atoms with E-state index in [-0.39, 0.29) is 5.75 Å².